The zero-order valence-electron chi connectivity index (χ0n) is 15.9. The maximum atomic E-state index is 13.5. The van der Waals surface area contributed by atoms with Crippen molar-refractivity contribution in [2.75, 3.05) is 5.32 Å². The monoisotopic (exact) mass is 462 g/mol. The second-order valence-corrected chi connectivity index (χ2v) is 6.43. The van der Waals surface area contributed by atoms with Crippen LogP contribution in [0.5, 0.6) is 0 Å². The number of alkyl halides is 6. The van der Waals surface area contributed by atoms with E-state index < -0.39 is 29.3 Å². The summed E-state index contributed by atoms with van der Waals surface area (Å²) < 4.78 is 78.3. The molecule has 4 heterocycles. The molecule has 33 heavy (non-hydrogen) atoms. The van der Waals surface area contributed by atoms with E-state index in [1.807, 2.05) is 0 Å². The van der Waals surface area contributed by atoms with Crippen LogP contribution in [-0.4, -0.2) is 29.9 Å². The molecule has 4 rings (SSSR count). The fourth-order valence-corrected chi connectivity index (χ4v) is 2.76. The number of nitrogens with one attached hydrogen (secondary N) is 1. The predicted octanol–water partition coefficient (Wildman–Crippen LogP) is 4.53. The third kappa shape index (κ3) is 4.47. The number of anilines is 2. The van der Waals surface area contributed by atoms with Gasteiger partial charge in [-0.3, -0.25) is 4.98 Å². The number of halogens is 6. The zero-order chi connectivity index (χ0) is 23.8. The molecule has 0 aliphatic rings. The van der Waals surface area contributed by atoms with Crippen molar-refractivity contribution < 1.29 is 26.3 Å². The molecule has 1 N–H and O–H groups in total. The number of nitrogens with zero attached hydrogens (tertiary/aromatic N) is 7. The molecule has 8 nitrogen and oxygen atoms in total. The van der Waals surface area contributed by atoms with Crippen LogP contribution in [0, 0.1) is 11.3 Å². The number of fused-ring (bicyclic) bond motifs is 1. The number of hydrogen-bond donors (Lipinski definition) is 1. The van der Waals surface area contributed by atoms with Gasteiger partial charge in [0.1, 0.15) is 28.8 Å². The van der Waals surface area contributed by atoms with Crippen LogP contribution < -0.4 is 5.32 Å². The van der Waals surface area contributed by atoms with E-state index in [4.69, 9.17) is 5.26 Å². The summed E-state index contributed by atoms with van der Waals surface area (Å²) in [5.74, 6) is -0.0329. The fraction of sp³-hybridized carbons (Fsp3) is 0.105. The molecule has 0 bridgehead atoms. The van der Waals surface area contributed by atoms with Crippen LogP contribution in [0.15, 0.2) is 43.1 Å². The Morgan fingerprint density at radius 3 is 2.27 bits per heavy atom. The molecule has 4 aromatic heterocycles. The van der Waals surface area contributed by atoms with Gasteiger partial charge in [-0.1, -0.05) is 0 Å². The van der Waals surface area contributed by atoms with Gasteiger partial charge in [0.15, 0.2) is 11.3 Å². The van der Waals surface area contributed by atoms with Crippen molar-refractivity contribution in [1.29, 1.82) is 5.26 Å². The third-order valence-electron chi connectivity index (χ3n) is 4.22. The van der Waals surface area contributed by atoms with Gasteiger partial charge < -0.3 is 5.32 Å². The van der Waals surface area contributed by atoms with Gasteiger partial charge in [-0.15, -0.1) is 0 Å². The summed E-state index contributed by atoms with van der Waals surface area (Å²) in [4.78, 5) is 22.8. The van der Waals surface area contributed by atoms with Gasteiger partial charge in [0.05, 0.1) is 35.4 Å². The first-order chi connectivity index (χ1) is 15.6. The Bertz CT molecular complexity index is 1380. The van der Waals surface area contributed by atoms with E-state index in [2.05, 4.69) is 35.2 Å². The first-order valence-electron chi connectivity index (χ1n) is 8.82. The molecule has 0 fully saturated rings. The largest absolute Gasteiger partial charge is 0.434 e. The summed E-state index contributed by atoms with van der Waals surface area (Å²) >= 11 is 0. The Balaban J connectivity index is 1.72. The van der Waals surface area contributed by atoms with E-state index >= 15 is 0 Å². The van der Waals surface area contributed by atoms with Gasteiger partial charge in [-0.2, -0.15) is 31.6 Å². The van der Waals surface area contributed by atoms with E-state index in [0.29, 0.717) is 12.3 Å². The van der Waals surface area contributed by atoms with Crippen LogP contribution in [0.2, 0.25) is 0 Å². The second-order valence-electron chi connectivity index (χ2n) is 6.43. The molecule has 0 amide bonds. The van der Waals surface area contributed by atoms with Crippen molar-refractivity contribution in [2.45, 2.75) is 12.4 Å². The Kier molecular flexibility index (Phi) is 5.24. The topological polar surface area (TPSA) is 113 Å². The highest BCUT2D eigenvalue weighted by molar-refractivity contribution is 5.87. The van der Waals surface area contributed by atoms with Crippen LogP contribution in [-0.2, 0) is 12.4 Å². The smallest absolute Gasteiger partial charge is 0.337 e. The molecular formula is C19H8F6N8. The molecule has 0 unspecified atom stereocenters. The van der Waals surface area contributed by atoms with Gasteiger partial charge in [-0.25, -0.2) is 24.9 Å². The van der Waals surface area contributed by atoms with E-state index in [1.54, 1.807) is 6.07 Å². The predicted molar refractivity (Wildman–Crippen MR) is 101 cm³/mol. The van der Waals surface area contributed by atoms with Crippen LogP contribution >= 0.6 is 0 Å². The highest BCUT2D eigenvalue weighted by atomic mass is 19.4. The Morgan fingerprint density at radius 2 is 1.64 bits per heavy atom. The fourth-order valence-electron chi connectivity index (χ4n) is 2.76. The van der Waals surface area contributed by atoms with E-state index in [9.17, 15) is 26.3 Å². The molecule has 0 saturated carbocycles. The maximum absolute atomic E-state index is 13.5. The first kappa shape index (κ1) is 21.8. The average Bonchev–Trinajstić information content (AvgIpc) is 2.77. The van der Waals surface area contributed by atoms with Crippen LogP contribution in [0.4, 0.5) is 37.8 Å². The molecule has 0 atom stereocenters. The number of pyridine rings is 2. The Labute approximate surface area is 180 Å². The van der Waals surface area contributed by atoms with Crippen LogP contribution in [0.25, 0.3) is 22.6 Å². The van der Waals surface area contributed by atoms with Gasteiger partial charge in [0.25, 0.3) is 0 Å². The van der Waals surface area contributed by atoms with Gasteiger partial charge in [0.2, 0.25) is 0 Å². The third-order valence-corrected chi connectivity index (χ3v) is 4.22. The van der Waals surface area contributed by atoms with Gasteiger partial charge in [0, 0.05) is 12.4 Å². The van der Waals surface area contributed by atoms with Gasteiger partial charge in [-0.05, 0) is 12.1 Å². The van der Waals surface area contributed by atoms with Crippen LogP contribution in [0.3, 0.4) is 0 Å². The Morgan fingerprint density at radius 1 is 0.848 bits per heavy atom. The normalized spacial score (nSPS) is 11.9. The highest BCUT2D eigenvalue weighted by Gasteiger charge is 2.36. The lowest BCUT2D eigenvalue weighted by atomic mass is 10.1. The number of hydrogen-bond acceptors (Lipinski definition) is 8. The highest BCUT2D eigenvalue weighted by Crippen LogP contribution is 2.36. The average molecular weight is 462 g/mol. The van der Waals surface area contributed by atoms with Crippen molar-refractivity contribution in [3.63, 3.8) is 0 Å². The lowest BCUT2D eigenvalue weighted by molar-refractivity contribution is -0.141. The van der Waals surface area contributed by atoms with Crippen molar-refractivity contribution in [3.05, 3.63) is 59.9 Å². The second kappa shape index (κ2) is 7.93. The molecule has 4 aromatic rings. The molecule has 14 heteroatoms. The molecule has 0 saturated heterocycles. The Hall–Kier alpha value is -4.41. The molecule has 0 spiro atoms. The standard InChI is InChI=1S/C19H8F6N8/c20-18(21,22)10-3-9(4-26)5-30-15(10)12-6-31-16-11(1-2-27-17(16)33-12)32-14-8-28-13(7-29-14)19(23,24)25/h1-3,5-8H,(H,27,29,32,33). The maximum Gasteiger partial charge on any atom is 0.434 e. The molecule has 0 aliphatic carbocycles. The molecule has 0 aliphatic heterocycles. The minimum Gasteiger partial charge on any atom is -0.337 e. The summed E-state index contributed by atoms with van der Waals surface area (Å²) in [5, 5.41) is 11.6. The van der Waals surface area contributed by atoms with E-state index in [1.165, 1.54) is 12.3 Å². The summed E-state index contributed by atoms with van der Waals surface area (Å²) in [6, 6.07) is 3.68. The minimum atomic E-state index is -4.80. The van der Waals surface area contributed by atoms with Crippen molar-refractivity contribution in [1.82, 2.24) is 29.9 Å². The van der Waals surface area contributed by atoms with Crippen molar-refractivity contribution in [3.8, 4) is 17.5 Å². The summed E-state index contributed by atoms with van der Waals surface area (Å²) in [7, 11) is 0. The minimum absolute atomic E-state index is 0.0329. The lowest BCUT2D eigenvalue weighted by Gasteiger charge is -2.12. The lowest BCUT2D eigenvalue weighted by Crippen LogP contribution is -2.10. The molecule has 0 aromatic carbocycles. The molecule has 166 valence electrons. The number of nitriles is 1. The van der Waals surface area contributed by atoms with Gasteiger partial charge >= 0.3 is 12.4 Å². The molecular weight excluding hydrogens is 454 g/mol. The van der Waals surface area contributed by atoms with Crippen LogP contribution in [0.1, 0.15) is 16.8 Å². The summed E-state index contributed by atoms with van der Waals surface area (Å²) in [5.41, 5.74) is -3.10. The number of aromatic nitrogens is 6. The first-order valence-corrected chi connectivity index (χ1v) is 8.82. The number of rotatable bonds is 3. The SMILES string of the molecule is N#Cc1cnc(-c2cnc3c(Nc4cnc(C(F)(F)F)cn4)ccnc3n2)c(C(F)(F)F)c1. The summed E-state index contributed by atoms with van der Waals surface area (Å²) in [6.07, 6.45) is -4.74. The zero-order valence-corrected chi connectivity index (χ0v) is 15.9. The van der Waals surface area contributed by atoms with Crippen molar-refractivity contribution >= 4 is 22.7 Å². The molecule has 0 radical (unpaired) electrons. The quantitative estimate of drug-likeness (QED) is 0.442. The van der Waals surface area contributed by atoms with E-state index in [-0.39, 0.29) is 33.9 Å². The summed E-state index contributed by atoms with van der Waals surface area (Å²) in [6.45, 7) is 0. The van der Waals surface area contributed by atoms with E-state index in [0.717, 1.165) is 18.6 Å². The van der Waals surface area contributed by atoms with Crippen molar-refractivity contribution in [2.24, 2.45) is 0 Å².